The molecule has 9 heteroatoms. The van der Waals surface area contributed by atoms with E-state index in [9.17, 15) is 19.3 Å². The van der Waals surface area contributed by atoms with Crippen molar-refractivity contribution < 1.29 is 19.2 Å². The average Bonchev–Trinajstić information content (AvgIpc) is 2.83. The predicted molar refractivity (Wildman–Crippen MR) is 76.1 cm³/mol. The van der Waals surface area contributed by atoms with Gasteiger partial charge in [-0.1, -0.05) is 18.7 Å². The van der Waals surface area contributed by atoms with Crippen molar-refractivity contribution in [3.05, 3.63) is 45.2 Å². The zero-order chi connectivity index (χ0) is 15.6. The van der Waals surface area contributed by atoms with Crippen molar-refractivity contribution in [2.24, 2.45) is 0 Å². The van der Waals surface area contributed by atoms with Crippen LogP contribution in [0.4, 0.5) is 15.8 Å². The van der Waals surface area contributed by atoms with Gasteiger partial charge >= 0.3 is 5.97 Å². The quantitative estimate of drug-likeness (QED) is 0.566. The maximum atomic E-state index is 13.3. The van der Waals surface area contributed by atoms with Crippen LogP contribution < -0.4 is 10.6 Å². The molecule has 2 rings (SSSR count). The number of hydrogen-bond acceptors (Lipinski definition) is 6. The average molecular weight is 313 g/mol. The standard InChI is InChI=1S/C12H12FN3O4S/c1-2-12(14-6-10(21-12)11(17)18)15-8-5-7(13)3-4-9(8)16(19)20/h3-6,14-15H,2H2,1H3,(H,17,18). The molecule has 1 aliphatic heterocycles. The lowest BCUT2D eigenvalue weighted by Crippen LogP contribution is -2.43. The molecule has 3 N–H and O–H groups in total. The van der Waals surface area contributed by atoms with Crippen molar-refractivity contribution in [1.82, 2.24) is 5.32 Å². The van der Waals surface area contributed by atoms with Crippen LogP contribution in [0.3, 0.4) is 0 Å². The molecule has 0 saturated carbocycles. The van der Waals surface area contributed by atoms with Gasteiger partial charge in [0.2, 0.25) is 0 Å². The van der Waals surface area contributed by atoms with Crippen LogP contribution in [0.5, 0.6) is 0 Å². The number of anilines is 1. The third-order valence-corrected chi connectivity index (χ3v) is 4.29. The van der Waals surface area contributed by atoms with E-state index in [4.69, 9.17) is 5.11 Å². The molecule has 1 heterocycles. The second-order valence-electron chi connectivity index (χ2n) is 4.28. The van der Waals surface area contributed by atoms with Gasteiger partial charge in [-0.25, -0.2) is 9.18 Å². The molecule has 0 saturated heterocycles. The minimum Gasteiger partial charge on any atom is -0.477 e. The highest BCUT2D eigenvalue weighted by atomic mass is 32.2. The third-order valence-electron chi connectivity index (χ3n) is 2.92. The first kappa shape index (κ1) is 15.1. The molecule has 1 unspecified atom stereocenters. The number of aliphatic carboxylic acids is 1. The van der Waals surface area contributed by atoms with E-state index in [1.165, 1.54) is 6.20 Å². The second kappa shape index (κ2) is 5.60. The number of thioether (sulfide) groups is 1. The zero-order valence-corrected chi connectivity index (χ0v) is 11.7. The fourth-order valence-electron chi connectivity index (χ4n) is 1.84. The molecule has 0 bridgehead atoms. The SMILES string of the molecule is CCC1(Nc2cc(F)ccc2[N+](=O)[O-])NC=C(C(=O)O)S1. The topological polar surface area (TPSA) is 105 Å². The number of hydrogen-bond donors (Lipinski definition) is 3. The maximum absolute atomic E-state index is 13.3. The van der Waals surface area contributed by atoms with Crippen molar-refractivity contribution in [1.29, 1.82) is 0 Å². The van der Waals surface area contributed by atoms with Gasteiger partial charge in [0.05, 0.1) is 4.92 Å². The van der Waals surface area contributed by atoms with Crippen LogP contribution >= 0.6 is 11.8 Å². The largest absolute Gasteiger partial charge is 0.477 e. The number of nitrogens with one attached hydrogen (secondary N) is 2. The summed E-state index contributed by atoms with van der Waals surface area (Å²) in [6.45, 7) is 1.77. The molecule has 21 heavy (non-hydrogen) atoms. The smallest absolute Gasteiger partial charge is 0.343 e. The predicted octanol–water partition coefficient (Wildman–Crippen LogP) is 2.47. The molecular formula is C12H12FN3O4S. The Labute approximate surface area is 123 Å². The highest BCUT2D eigenvalue weighted by Crippen LogP contribution is 2.40. The fraction of sp³-hybridized carbons (Fsp3) is 0.250. The van der Waals surface area contributed by atoms with Gasteiger partial charge in [-0.2, -0.15) is 0 Å². The highest BCUT2D eigenvalue weighted by Gasteiger charge is 2.37. The van der Waals surface area contributed by atoms with Gasteiger partial charge in [0, 0.05) is 18.3 Å². The summed E-state index contributed by atoms with van der Waals surface area (Å²) in [7, 11) is 0. The maximum Gasteiger partial charge on any atom is 0.343 e. The Morgan fingerprint density at radius 3 is 2.86 bits per heavy atom. The molecule has 1 atom stereocenters. The molecule has 0 spiro atoms. The number of carboxylic acids is 1. The summed E-state index contributed by atoms with van der Waals surface area (Å²) in [5.41, 5.74) is -0.294. The van der Waals surface area contributed by atoms with E-state index in [-0.39, 0.29) is 16.3 Å². The fourth-order valence-corrected chi connectivity index (χ4v) is 2.85. The summed E-state index contributed by atoms with van der Waals surface area (Å²) in [4.78, 5) is 20.4. The second-order valence-corrected chi connectivity index (χ2v) is 5.63. The van der Waals surface area contributed by atoms with Crippen molar-refractivity contribution >= 4 is 29.1 Å². The molecule has 1 aliphatic rings. The van der Waals surface area contributed by atoms with Crippen LogP contribution in [0, 0.1) is 15.9 Å². The van der Waals surface area contributed by atoms with Crippen molar-refractivity contribution in [2.75, 3.05) is 5.32 Å². The van der Waals surface area contributed by atoms with Crippen LogP contribution in [0.1, 0.15) is 13.3 Å². The lowest BCUT2D eigenvalue weighted by atomic mass is 10.2. The lowest BCUT2D eigenvalue weighted by Gasteiger charge is -2.30. The Morgan fingerprint density at radius 1 is 1.62 bits per heavy atom. The summed E-state index contributed by atoms with van der Waals surface area (Å²) < 4.78 is 13.3. The minimum atomic E-state index is -1.10. The Morgan fingerprint density at radius 2 is 2.33 bits per heavy atom. The Hall–Kier alpha value is -2.29. The normalized spacial score (nSPS) is 20.6. The molecule has 0 aliphatic carbocycles. The van der Waals surface area contributed by atoms with Gasteiger partial charge in [-0.3, -0.25) is 10.1 Å². The lowest BCUT2D eigenvalue weighted by molar-refractivity contribution is -0.384. The molecular weight excluding hydrogens is 301 g/mol. The summed E-state index contributed by atoms with van der Waals surface area (Å²) in [5, 5.41) is 25.6. The van der Waals surface area contributed by atoms with Gasteiger partial charge < -0.3 is 15.7 Å². The van der Waals surface area contributed by atoms with E-state index in [0.29, 0.717) is 6.42 Å². The van der Waals surface area contributed by atoms with Crippen molar-refractivity contribution in [3.8, 4) is 0 Å². The zero-order valence-electron chi connectivity index (χ0n) is 10.9. The van der Waals surface area contributed by atoms with Crippen LogP contribution in [-0.4, -0.2) is 21.0 Å². The molecule has 1 aromatic rings. The molecule has 112 valence electrons. The van der Waals surface area contributed by atoms with E-state index in [0.717, 1.165) is 30.0 Å². The number of nitrogens with zero attached hydrogens (tertiary/aromatic N) is 1. The number of nitro benzene ring substituents is 1. The number of halogens is 1. The number of nitro groups is 1. The molecule has 0 fully saturated rings. The molecule has 7 nitrogen and oxygen atoms in total. The Bertz CT molecular complexity index is 637. The first-order valence-electron chi connectivity index (χ1n) is 5.99. The van der Waals surface area contributed by atoms with Gasteiger partial charge in [0.15, 0.2) is 4.99 Å². The van der Waals surface area contributed by atoms with E-state index >= 15 is 0 Å². The van der Waals surface area contributed by atoms with Crippen LogP contribution in [0.2, 0.25) is 0 Å². The molecule has 0 aromatic heterocycles. The van der Waals surface area contributed by atoms with E-state index < -0.39 is 21.7 Å². The number of carbonyl (C=O) groups is 1. The summed E-state index contributed by atoms with van der Waals surface area (Å²) in [6, 6.07) is 3.07. The van der Waals surface area contributed by atoms with E-state index in [1.807, 2.05) is 0 Å². The Kier molecular flexibility index (Phi) is 4.03. The molecule has 0 amide bonds. The third kappa shape index (κ3) is 3.07. The molecule has 1 aromatic carbocycles. The van der Waals surface area contributed by atoms with E-state index in [2.05, 4.69) is 10.6 Å². The first-order chi connectivity index (χ1) is 9.87. The van der Waals surface area contributed by atoms with Crippen LogP contribution in [0.25, 0.3) is 0 Å². The van der Waals surface area contributed by atoms with E-state index in [1.54, 1.807) is 6.92 Å². The van der Waals surface area contributed by atoms with Crippen molar-refractivity contribution in [3.63, 3.8) is 0 Å². The summed E-state index contributed by atoms with van der Waals surface area (Å²) in [5.74, 6) is -1.72. The minimum absolute atomic E-state index is 0.0121. The van der Waals surface area contributed by atoms with Crippen molar-refractivity contribution in [2.45, 2.75) is 18.3 Å². The monoisotopic (exact) mass is 313 g/mol. The van der Waals surface area contributed by atoms with Gasteiger partial charge in [0.1, 0.15) is 16.4 Å². The number of carboxylic acid groups (broad SMARTS) is 1. The molecule has 0 radical (unpaired) electrons. The van der Waals surface area contributed by atoms with Gasteiger partial charge in [-0.05, 0) is 12.5 Å². The number of benzene rings is 1. The highest BCUT2D eigenvalue weighted by molar-refractivity contribution is 8.05. The summed E-state index contributed by atoms with van der Waals surface area (Å²) in [6.07, 6.45) is 1.73. The Balaban J connectivity index is 2.30. The summed E-state index contributed by atoms with van der Waals surface area (Å²) >= 11 is 0.982. The van der Waals surface area contributed by atoms with Crippen LogP contribution in [-0.2, 0) is 4.79 Å². The van der Waals surface area contributed by atoms with Gasteiger partial charge in [-0.15, -0.1) is 0 Å². The first-order valence-corrected chi connectivity index (χ1v) is 6.81. The van der Waals surface area contributed by atoms with Crippen LogP contribution in [0.15, 0.2) is 29.3 Å². The number of rotatable bonds is 5. The van der Waals surface area contributed by atoms with Gasteiger partial charge in [0.25, 0.3) is 5.69 Å².